The first kappa shape index (κ1) is 16.0. The quantitative estimate of drug-likeness (QED) is 0.788. The van der Waals surface area contributed by atoms with Crippen LogP contribution < -0.4 is 5.56 Å². The molecule has 1 aliphatic rings. The summed E-state index contributed by atoms with van der Waals surface area (Å²) >= 11 is 0. The molecule has 0 bridgehead atoms. The lowest BCUT2D eigenvalue weighted by Gasteiger charge is -2.24. The number of aromatic nitrogens is 4. The molecule has 7 heteroatoms. The molecule has 1 atom stereocenters. The van der Waals surface area contributed by atoms with Crippen LogP contribution in [0.4, 0.5) is 4.39 Å². The van der Waals surface area contributed by atoms with Gasteiger partial charge in [-0.05, 0) is 43.5 Å². The van der Waals surface area contributed by atoms with E-state index in [0.717, 1.165) is 31.4 Å². The number of halogens is 1. The Kier molecular flexibility index (Phi) is 4.09. The van der Waals surface area contributed by atoms with E-state index < -0.39 is 0 Å². The van der Waals surface area contributed by atoms with Gasteiger partial charge in [-0.15, -0.1) is 0 Å². The molecule has 1 N–H and O–H groups in total. The third kappa shape index (κ3) is 3.19. The topological polar surface area (TPSA) is 66.8 Å². The van der Waals surface area contributed by atoms with Crippen LogP contribution in [0.25, 0.3) is 11.0 Å². The summed E-state index contributed by atoms with van der Waals surface area (Å²) in [5.74, 6) is 0.446. The van der Waals surface area contributed by atoms with Crippen molar-refractivity contribution >= 4 is 11.0 Å². The van der Waals surface area contributed by atoms with E-state index in [-0.39, 0.29) is 11.4 Å². The SMILES string of the molecule is Cn1ncc2c(=O)[nH]c(CN3CCCC3Cc3cccc(F)c3)nc21. The fourth-order valence-electron chi connectivity index (χ4n) is 3.62. The standard InChI is InChI=1S/C18H20FN5O/c1-23-17-15(10-20-23)18(25)22-16(21-17)11-24-7-3-6-14(24)9-12-4-2-5-13(19)8-12/h2,4-5,8,10,14H,3,6-7,9,11H2,1H3,(H,21,22,25). The molecule has 0 saturated carbocycles. The van der Waals surface area contributed by atoms with E-state index in [2.05, 4.69) is 20.0 Å². The number of fused-ring (bicyclic) bond motifs is 1. The highest BCUT2D eigenvalue weighted by atomic mass is 19.1. The van der Waals surface area contributed by atoms with Crippen LogP contribution in [-0.2, 0) is 20.0 Å². The number of nitrogens with one attached hydrogen (secondary N) is 1. The minimum absolute atomic E-state index is 0.158. The second kappa shape index (κ2) is 6.40. The Morgan fingerprint density at radius 3 is 3.12 bits per heavy atom. The highest BCUT2D eigenvalue weighted by Crippen LogP contribution is 2.23. The lowest BCUT2D eigenvalue weighted by Crippen LogP contribution is -2.32. The average Bonchev–Trinajstić information content (AvgIpc) is 3.15. The van der Waals surface area contributed by atoms with Gasteiger partial charge in [-0.2, -0.15) is 5.10 Å². The highest BCUT2D eigenvalue weighted by molar-refractivity contribution is 5.72. The predicted octanol–water partition coefficient (Wildman–Crippen LogP) is 2.00. The van der Waals surface area contributed by atoms with Gasteiger partial charge >= 0.3 is 0 Å². The van der Waals surface area contributed by atoms with E-state index in [1.165, 1.54) is 12.3 Å². The van der Waals surface area contributed by atoms with E-state index in [0.29, 0.717) is 29.4 Å². The summed E-state index contributed by atoms with van der Waals surface area (Å²) in [6.45, 7) is 1.53. The van der Waals surface area contributed by atoms with Gasteiger partial charge in [0.2, 0.25) is 0 Å². The summed E-state index contributed by atoms with van der Waals surface area (Å²) in [6, 6.07) is 7.10. The van der Waals surface area contributed by atoms with Crippen molar-refractivity contribution in [1.82, 2.24) is 24.6 Å². The van der Waals surface area contributed by atoms with Crippen LogP contribution in [0.3, 0.4) is 0 Å². The first-order valence-electron chi connectivity index (χ1n) is 8.49. The molecule has 2 aromatic heterocycles. The van der Waals surface area contributed by atoms with E-state index in [1.54, 1.807) is 23.9 Å². The van der Waals surface area contributed by atoms with Gasteiger partial charge in [0.25, 0.3) is 5.56 Å². The number of hydrogen-bond acceptors (Lipinski definition) is 4. The number of benzene rings is 1. The van der Waals surface area contributed by atoms with Gasteiger partial charge in [-0.1, -0.05) is 12.1 Å². The minimum Gasteiger partial charge on any atom is -0.309 e. The molecule has 0 radical (unpaired) electrons. The predicted molar refractivity (Wildman–Crippen MR) is 92.7 cm³/mol. The summed E-state index contributed by atoms with van der Waals surface area (Å²) in [4.78, 5) is 21.9. The Balaban J connectivity index is 1.55. The Labute approximate surface area is 144 Å². The lowest BCUT2D eigenvalue weighted by molar-refractivity contribution is 0.238. The van der Waals surface area contributed by atoms with Gasteiger partial charge in [0.1, 0.15) is 17.0 Å². The molecule has 0 amide bonds. The van der Waals surface area contributed by atoms with Crippen molar-refractivity contribution in [2.75, 3.05) is 6.54 Å². The molecule has 4 rings (SSSR count). The summed E-state index contributed by atoms with van der Waals surface area (Å²) in [6.07, 6.45) is 4.50. The molecule has 1 aliphatic heterocycles. The van der Waals surface area contributed by atoms with E-state index >= 15 is 0 Å². The van der Waals surface area contributed by atoms with Crippen molar-refractivity contribution in [3.05, 3.63) is 58.0 Å². The Morgan fingerprint density at radius 2 is 2.28 bits per heavy atom. The molecule has 1 fully saturated rings. The monoisotopic (exact) mass is 341 g/mol. The summed E-state index contributed by atoms with van der Waals surface area (Å²) in [7, 11) is 1.78. The number of aromatic amines is 1. The lowest BCUT2D eigenvalue weighted by atomic mass is 10.0. The van der Waals surface area contributed by atoms with E-state index in [4.69, 9.17) is 0 Å². The maximum Gasteiger partial charge on any atom is 0.262 e. The molecular weight excluding hydrogens is 321 g/mol. The average molecular weight is 341 g/mol. The van der Waals surface area contributed by atoms with Crippen LogP contribution in [0.1, 0.15) is 24.2 Å². The van der Waals surface area contributed by atoms with Gasteiger partial charge in [0.15, 0.2) is 5.65 Å². The van der Waals surface area contributed by atoms with Crippen molar-refractivity contribution < 1.29 is 4.39 Å². The van der Waals surface area contributed by atoms with Crippen molar-refractivity contribution in [3.63, 3.8) is 0 Å². The van der Waals surface area contributed by atoms with Crippen molar-refractivity contribution in [3.8, 4) is 0 Å². The zero-order valence-electron chi connectivity index (χ0n) is 14.1. The molecule has 130 valence electrons. The summed E-state index contributed by atoms with van der Waals surface area (Å²) in [5, 5.41) is 4.60. The van der Waals surface area contributed by atoms with Crippen LogP contribution in [-0.4, -0.2) is 37.2 Å². The molecule has 6 nitrogen and oxygen atoms in total. The molecule has 3 aromatic rings. The summed E-state index contributed by atoms with van der Waals surface area (Å²) in [5.41, 5.74) is 1.44. The van der Waals surface area contributed by atoms with E-state index in [9.17, 15) is 9.18 Å². The molecule has 25 heavy (non-hydrogen) atoms. The second-order valence-electron chi connectivity index (χ2n) is 6.62. The Hall–Kier alpha value is -2.54. The van der Waals surface area contributed by atoms with Gasteiger partial charge in [-0.3, -0.25) is 14.4 Å². The maximum absolute atomic E-state index is 13.4. The molecule has 1 unspecified atom stereocenters. The highest BCUT2D eigenvalue weighted by Gasteiger charge is 2.25. The fraction of sp³-hybridized carbons (Fsp3) is 0.389. The Bertz CT molecular complexity index is 963. The first-order chi connectivity index (χ1) is 12.1. The largest absolute Gasteiger partial charge is 0.309 e. The normalized spacial score (nSPS) is 18.2. The van der Waals surface area contributed by atoms with E-state index in [1.807, 2.05) is 6.07 Å². The molecule has 3 heterocycles. The van der Waals surface area contributed by atoms with Crippen LogP contribution in [0, 0.1) is 5.82 Å². The molecule has 0 spiro atoms. The number of hydrogen-bond donors (Lipinski definition) is 1. The number of H-pyrrole nitrogens is 1. The first-order valence-corrected chi connectivity index (χ1v) is 8.49. The number of likely N-dealkylation sites (tertiary alicyclic amines) is 1. The number of rotatable bonds is 4. The fourth-order valence-corrected chi connectivity index (χ4v) is 3.62. The molecule has 1 saturated heterocycles. The van der Waals surface area contributed by atoms with Crippen LogP contribution in [0.5, 0.6) is 0 Å². The van der Waals surface area contributed by atoms with Gasteiger partial charge in [0, 0.05) is 13.1 Å². The third-order valence-corrected chi connectivity index (χ3v) is 4.86. The Morgan fingerprint density at radius 1 is 1.40 bits per heavy atom. The number of aryl methyl sites for hydroxylation is 1. The van der Waals surface area contributed by atoms with Crippen LogP contribution in [0.15, 0.2) is 35.3 Å². The van der Waals surface area contributed by atoms with Crippen molar-refractivity contribution in [2.45, 2.75) is 31.8 Å². The molecule has 0 aliphatic carbocycles. The van der Waals surface area contributed by atoms with Crippen molar-refractivity contribution in [1.29, 1.82) is 0 Å². The zero-order valence-corrected chi connectivity index (χ0v) is 14.1. The maximum atomic E-state index is 13.4. The van der Waals surface area contributed by atoms with Crippen LogP contribution in [0.2, 0.25) is 0 Å². The van der Waals surface area contributed by atoms with Crippen LogP contribution >= 0.6 is 0 Å². The van der Waals surface area contributed by atoms with Crippen molar-refractivity contribution in [2.24, 2.45) is 7.05 Å². The van der Waals surface area contributed by atoms with Gasteiger partial charge < -0.3 is 4.98 Å². The summed E-state index contributed by atoms with van der Waals surface area (Å²) < 4.78 is 15.0. The minimum atomic E-state index is -0.199. The third-order valence-electron chi connectivity index (χ3n) is 4.86. The second-order valence-corrected chi connectivity index (χ2v) is 6.62. The van der Waals surface area contributed by atoms with Gasteiger partial charge in [0.05, 0.1) is 12.7 Å². The van der Waals surface area contributed by atoms with Gasteiger partial charge in [-0.25, -0.2) is 9.37 Å². The smallest absolute Gasteiger partial charge is 0.262 e. The molecular formula is C18H20FN5O. The molecule has 1 aromatic carbocycles. The zero-order chi connectivity index (χ0) is 17.4. The number of nitrogens with zero attached hydrogens (tertiary/aromatic N) is 4.